The van der Waals surface area contributed by atoms with Crippen LogP contribution < -0.4 is 19.3 Å². The van der Waals surface area contributed by atoms with Crippen molar-refractivity contribution in [1.82, 2.24) is 0 Å². The average Bonchev–Trinajstić information content (AvgIpc) is 2.96. The Morgan fingerprint density at radius 1 is 0.667 bits per heavy atom. The summed E-state index contributed by atoms with van der Waals surface area (Å²) in [5.74, 6) is 1.97. The number of halogens is 1. The molecular weight excluding hydrogens is 559 g/mol. The molecule has 0 bridgehead atoms. The minimum absolute atomic E-state index is 0.130. The van der Waals surface area contributed by atoms with Gasteiger partial charge in [0.1, 0.15) is 11.5 Å². The highest BCUT2D eigenvalue weighted by molar-refractivity contribution is 14.1. The van der Waals surface area contributed by atoms with E-state index in [2.05, 4.69) is 136 Å². The SMILES string of the molecule is CC(CI)(c1ccc2c(c1)CN(c1ccccc1)CO2)c1ccc2c(c1)CN(c1ccccc1)CO2. The molecule has 0 radical (unpaired) electrons. The van der Waals surface area contributed by atoms with Crippen molar-refractivity contribution in [2.45, 2.75) is 25.4 Å². The summed E-state index contributed by atoms with van der Waals surface area (Å²) in [7, 11) is 0. The predicted octanol–water partition coefficient (Wildman–Crippen LogP) is 7.14. The number of rotatable bonds is 5. The van der Waals surface area contributed by atoms with Gasteiger partial charge in [0.25, 0.3) is 0 Å². The van der Waals surface area contributed by atoms with Crippen LogP contribution in [-0.4, -0.2) is 17.9 Å². The van der Waals surface area contributed by atoms with E-state index in [1.54, 1.807) is 0 Å². The van der Waals surface area contributed by atoms with Crippen molar-refractivity contribution in [1.29, 1.82) is 0 Å². The summed E-state index contributed by atoms with van der Waals surface area (Å²) in [4.78, 5) is 4.56. The molecule has 0 unspecified atom stereocenters. The third kappa shape index (κ3) is 4.30. The van der Waals surface area contributed by atoms with Gasteiger partial charge in [-0.15, -0.1) is 0 Å². The number of para-hydroxylation sites is 2. The van der Waals surface area contributed by atoms with Gasteiger partial charge in [0.15, 0.2) is 13.5 Å². The Balaban J connectivity index is 1.31. The van der Waals surface area contributed by atoms with E-state index in [0.29, 0.717) is 13.5 Å². The Morgan fingerprint density at radius 3 is 1.53 bits per heavy atom. The van der Waals surface area contributed by atoms with Crippen LogP contribution in [0.2, 0.25) is 0 Å². The summed E-state index contributed by atoms with van der Waals surface area (Å²) in [6.07, 6.45) is 0. The van der Waals surface area contributed by atoms with Crippen molar-refractivity contribution in [3.05, 3.63) is 119 Å². The normalized spacial score (nSPS) is 14.9. The van der Waals surface area contributed by atoms with E-state index in [0.717, 1.165) is 29.0 Å². The molecule has 4 aromatic carbocycles. The molecule has 0 fully saturated rings. The second-order valence-corrected chi connectivity index (χ2v) is 10.5. The van der Waals surface area contributed by atoms with Crippen molar-refractivity contribution in [3.8, 4) is 11.5 Å². The molecule has 2 aliphatic heterocycles. The average molecular weight is 588 g/mol. The molecule has 0 atom stereocenters. The molecule has 6 rings (SSSR count). The fourth-order valence-electron chi connectivity index (χ4n) is 5.10. The van der Waals surface area contributed by atoms with Crippen molar-refractivity contribution >= 4 is 34.0 Å². The molecule has 5 heteroatoms. The summed E-state index contributed by atoms with van der Waals surface area (Å²) in [5, 5.41) is 0. The molecule has 0 N–H and O–H groups in total. The van der Waals surface area contributed by atoms with Crippen LogP contribution in [0, 0.1) is 0 Å². The number of fused-ring (bicyclic) bond motifs is 2. The van der Waals surface area contributed by atoms with Crippen molar-refractivity contribution in [2.24, 2.45) is 0 Å². The van der Waals surface area contributed by atoms with E-state index < -0.39 is 0 Å². The lowest BCUT2D eigenvalue weighted by Gasteiger charge is -2.35. The van der Waals surface area contributed by atoms with Crippen molar-refractivity contribution < 1.29 is 9.47 Å². The Bertz CT molecular complexity index is 1260. The topological polar surface area (TPSA) is 24.9 Å². The van der Waals surface area contributed by atoms with E-state index in [9.17, 15) is 0 Å². The summed E-state index contributed by atoms with van der Waals surface area (Å²) < 4.78 is 13.2. The van der Waals surface area contributed by atoms with Gasteiger partial charge < -0.3 is 19.3 Å². The predicted molar refractivity (Wildman–Crippen MR) is 154 cm³/mol. The summed E-state index contributed by atoms with van der Waals surface area (Å²) >= 11 is 2.53. The second kappa shape index (κ2) is 9.69. The van der Waals surface area contributed by atoms with Gasteiger partial charge in [-0.3, -0.25) is 0 Å². The van der Waals surface area contributed by atoms with Gasteiger partial charge >= 0.3 is 0 Å². The van der Waals surface area contributed by atoms with Crippen LogP contribution in [-0.2, 0) is 18.5 Å². The maximum Gasteiger partial charge on any atom is 0.161 e. The fourth-order valence-corrected chi connectivity index (χ4v) is 5.98. The van der Waals surface area contributed by atoms with Gasteiger partial charge in [-0.05, 0) is 59.7 Å². The quantitative estimate of drug-likeness (QED) is 0.183. The molecule has 0 saturated heterocycles. The van der Waals surface area contributed by atoms with Crippen molar-refractivity contribution in [3.63, 3.8) is 0 Å². The number of benzene rings is 4. The Morgan fingerprint density at radius 2 is 1.11 bits per heavy atom. The zero-order valence-corrected chi connectivity index (χ0v) is 22.5. The number of nitrogens with zero attached hydrogens (tertiary/aromatic N) is 2. The van der Waals surface area contributed by atoms with E-state index in [4.69, 9.17) is 9.47 Å². The molecule has 2 heterocycles. The molecule has 0 aliphatic carbocycles. The van der Waals surface area contributed by atoms with Crippen LogP contribution in [0.4, 0.5) is 11.4 Å². The molecule has 2 aliphatic rings. The monoisotopic (exact) mass is 588 g/mol. The third-order valence-corrected chi connectivity index (χ3v) is 8.90. The van der Waals surface area contributed by atoms with Gasteiger partial charge in [0.05, 0.1) is 0 Å². The lowest BCUT2D eigenvalue weighted by atomic mass is 9.77. The molecule has 0 spiro atoms. The first-order chi connectivity index (χ1) is 17.6. The first-order valence-corrected chi connectivity index (χ1v) is 13.8. The highest BCUT2D eigenvalue weighted by atomic mass is 127. The first-order valence-electron chi connectivity index (χ1n) is 12.3. The molecule has 0 aromatic heterocycles. The maximum atomic E-state index is 6.13. The summed E-state index contributed by atoms with van der Waals surface area (Å²) in [5.41, 5.74) is 7.32. The molecule has 182 valence electrons. The Kier molecular flexibility index (Phi) is 6.25. The fraction of sp³-hybridized carbons (Fsp3) is 0.226. The van der Waals surface area contributed by atoms with Gasteiger partial charge in [-0.25, -0.2) is 0 Å². The molecule has 0 amide bonds. The number of ether oxygens (including phenoxy) is 2. The van der Waals surface area contributed by atoms with Gasteiger partial charge in [-0.2, -0.15) is 0 Å². The van der Waals surface area contributed by atoms with Gasteiger partial charge in [0, 0.05) is 45.4 Å². The van der Waals surface area contributed by atoms with Crippen LogP contribution in [0.15, 0.2) is 97.1 Å². The van der Waals surface area contributed by atoms with E-state index in [1.165, 1.54) is 33.6 Å². The zero-order valence-electron chi connectivity index (χ0n) is 20.4. The van der Waals surface area contributed by atoms with Crippen LogP contribution >= 0.6 is 22.6 Å². The Labute approximate surface area is 226 Å². The molecule has 4 aromatic rings. The Hall–Kier alpha value is -3.19. The standard InChI is InChI=1S/C31H29IN2O2/c1-31(20-32,25-12-14-29-23(16-25)18-33(21-35-29)27-8-4-2-5-9-27)26-13-15-30-24(17-26)19-34(22-36-30)28-10-6-3-7-11-28/h2-17H,18-22H2,1H3. The molecule has 4 nitrogen and oxygen atoms in total. The number of hydrogen-bond donors (Lipinski definition) is 0. The maximum absolute atomic E-state index is 6.13. The minimum atomic E-state index is -0.130. The van der Waals surface area contributed by atoms with E-state index in [-0.39, 0.29) is 5.41 Å². The van der Waals surface area contributed by atoms with Crippen molar-refractivity contribution in [2.75, 3.05) is 27.7 Å². The molecule has 0 saturated carbocycles. The van der Waals surface area contributed by atoms with Crippen LogP contribution in [0.5, 0.6) is 11.5 Å². The highest BCUT2D eigenvalue weighted by Gasteiger charge is 2.31. The van der Waals surface area contributed by atoms with Crippen LogP contribution in [0.3, 0.4) is 0 Å². The largest absolute Gasteiger partial charge is 0.473 e. The van der Waals surface area contributed by atoms with Gasteiger partial charge in [-0.1, -0.05) is 78.0 Å². The minimum Gasteiger partial charge on any atom is -0.473 e. The highest BCUT2D eigenvalue weighted by Crippen LogP contribution is 2.40. The lowest BCUT2D eigenvalue weighted by molar-refractivity contribution is 0.289. The molecule has 36 heavy (non-hydrogen) atoms. The number of alkyl halides is 1. The zero-order chi connectivity index (χ0) is 24.5. The second-order valence-electron chi connectivity index (χ2n) is 9.72. The smallest absolute Gasteiger partial charge is 0.161 e. The summed E-state index contributed by atoms with van der Waals surface area (Å²) in [6.45, 7) is 5.18. The summed E-state index contributed by atoms with van der Waals surface area (Å²) in [6, 6.07) is 34.4. The number of anilines is 2. The number of hydrogen-bond acceptors (Lipinski definition) is 4. The van der Waals surface area contributed by atoms with E-state index >= 15 is 0 Å². The van der Waals surface area contributed by atoms with E-state index in [1.807, 2.05) is 0 Å². The van der Waals surface area contributed by atoms with Gasteiger partial charge in [0.2, 0.25) is 0 Å². The van der Waals surface area contributed by atoms with Crippen LogP contribution in [0.25, 0.3) is 0 Å². The molecular formula is C31H29IN2O2. The third-order valence-electron chi connectivity index (χ3n) is 7.38. The lowest BCUT2D eigenvalue weighted by Crippen LogP contribution is -2.33. The first kappa shape index (κ1) is 23.2. The van der Waals surface area contributed by atoms with Crippen LogP contribution in [0.1, 0.15) is 29.2 Å².